The summed E-state index contributed by atoms with van der Waals surface area (Å²) in [6.07, 6.45) is 0. The van der Waals surface area contributed by atoms with Gasteiger partial charge in [0.1, 0.15) is 23.4 Å². The molecule has 0 aromatic heterocycles. The zero-order valence-electron chi connectivity index (χ0n) is 17.0. The Morgan fingerprint density at radius 3 is 2.10 bits per heavy atom. The van der Waals surface area contributed by atoms with E-state index in [9.17, 15) is 28.3 Å². The van der Waals surface area contributed by atoms with Gasteiger partial charge in [0.25, 0.3) is 11.8 Å². The van der Waals surface area contributed by atoms with Crippen LogP contribution in [0.3, 0.4) is 0 Å². The lowest BCUT2D eigenvalue weighted by Crippen LogP contribution is -2.50. The summed E-state index contributed by atoms with van der Waals surface area (Å²) in [5.41, 5.74) is -0.715. The number of anilines is 1. The van der Waals surface area contributed by atoms with E-state index in [0.29, 0.717) is 6.07 Å². The molecule has 0 spiro atoms. The first-order valence-corrected chi connectivity index (χ1v) is 9.09. The van der Waals surface area contributed by atoms with Crippen LogP contribution in [-0.2, 0) is 4.79 Å². The van der Waals surface area contributed by atoms with Crippen molar-refractivity contribution in [3.05, 3.63) is 59.2 Å². The van der Waals surface area contributed by atoms with Crippen molar-refractivity contribution in [2.45, 2.75) is 39.3 Å². The summed E-state index contributed by atoms with van der Waals surface area (Å²) < 4.78 is 26.5. The SMILES string of the molecule is CC(NC(=O)c1ccc(NC(=O)c2cc(F)cc(F)c2)cc1O)C(=O)NC(C)(C)C. The number of amides is 3. The molecule has 2 rings (SSSR count). The van der Waals surface area contributed by atoms with E-state index < -0.39 is 40.8 Å². The number of benzene rings is 2. The van der Waals surface area contributed by atoms with Crippen LogP contribution in [0.2, 0.25) is 0 Å². The highest BCUT2D eigenvalue weighted by atomic mass is 19.1. The number of carbonyl (C=O) groups excluding carboxylic acids is 3. The quantitative estimate of drug-likeness (QED) is 0.598. The highest BCUT2D eigenvalue weighted by Crippen LogP contribution is 2.23. The average molecular weight is 419 g/mol. The average Bonchev–Trinajstić information content (AvgIpc) is 2.59. The van der Waals surface area contributed by atoms with Crippen LogP contribution in [0.25, 0.3) is 0 Å². The van der Waals surface area contributed by atoms with Gasteiger partial charge in [-0.05, 0) is 52.0 Å². The fraction of sp³-hybridized carbons (Fsp3) is 0.286. The normalized spacial score (nSPS) is 12.1. The third kappa shape index (κ3) is 6.26. The van der Waals surface area contributed by atoms with Crippen molar-refractivity contribution >= 4 is 23.4 Å². The zero-order chi connectivity index (χ0) is 22.6. The van der Waals surface area contributed by atoms with E-state index in [-0.39, 0.29) is 22.7 Å². The first-order chi connectivity index (χ1) is 13.9. The zero-order valence-corrected chi connectivity index (χ0v) is 17.0. The highest BCUT2D eigenvalue weighted by Gasteiger charge is 2.22. The second-order valence-electron chi connectivity index (χ2n) is 7.78. The van der Waals surface area contributed by atoms with E-state index >= 15 is 0 Å². The molecular weight excluding hydrogens is 396 g/mol. The van der Waals surface area contributed by atoms with Crippen LogP contribution in [0.4, 0.5) is 14.5 Å². The van der Waals surface area contributed by atoms with Crippen LogP contribution in [0.5, 0.6) is 5.75 Å². The maximum Gasteiger partial charge on any atom is 0.255 e. The van der Waals surface area contributed by atoms with E-state index in [1.54, 1.807) is 20.8 Å². The maximum atomic E-state index is 13.3. The van der Waals surface area contributed by atoms with Crippen LogP contribution in [0, 0.1) is 11.6 Å². The second kappa shape index (κ2) is 8.89. The van der Waals surface area contributed by atoms with Crippen molar-refractivity contribution in [2.75, 3.05) is 5.32 Å². The molecule has 0 aliphatic carbocycles. The van der Waals surface area contributed by atoms with Gasteiger partial charge in [0.2, 0.25) is 5.91 Å². The third-order valence-corrected chi connectivity index (χ3v) is 3.86. The number of carbonyl (C=O) groups is 3. The molecule has 3 amide bonds. The van der Waals surface area contributed by atoms with Gasteiger partial charge in [-0.3, -0.25) is 14.4 Å². The molecule has 0 fully saturated rings. The molecule has 2 aromatic rings. The Morgan fingerprint density at radius 2 is 1.57 bits per heavy atom. The lowest BCUT2D eigenvalue weighted by atomic mass is 10.1. The van der Waals surface area contributed by atoms with Crippen LogP contribution >= 0.6 is 0 Å². The minimum atomic E-state index is -0.903. The van der Waals surface area contributed by atoms with Gasteiger partial charge in [-0.15, -0.1) is 0 Å². The first kappa shape index (κ1) is 22.8. The monoisotopic (exact) mass is 419 g/mol. The van der Waals surface area contributed by atoms with Crippen molar-refractivity contribution in [3.8, 4) is 5.75 Å². The minimum Gasteiger partial charge on any atom is -0.507 e. The molecule has 4 N–H and O–H groups in total. The molecule has 1 atom stereocenters. The summed E-state index contributed by atoms with van der Waals surface area (Å²) in [5.74, 6) is -4.12. The van der Waals surface area contributed by atoms with Crippen LogP contribution in [0.15, 0.2) is 36.4 Å². The van der Waals surface area contributed by atoms with Gasteiger partial charge in [0.05, 0.1) is 5.56 Å². The number of hydrogen-bond acceptors (Lipinski definition) is 4. The summed E-state index contributed by atoms with van der Waals surface area (Å²) in [5, 5.41) is 17.7. The number of hydrogen-bond donors (Lipinski definition) is 4. The second-order valence-corrected chi connectivity index (χ2v) is 7.78. The van der Waals surface area contributed by atoms with Gasteiger partial charge in [-0.2, -0.15) is 0 Å². The fourth-order valence-electron chi connectivity index (χ4n) is 2.51. The summed E-state index contributed by atoms with van der Waals surface area (Å²) in [6.45, 7) is 6.91. The molecule has 0 aliphatic heterocycles. The first-order valence-electron chi connectivity index (χ1n) is 9.09. The number of halogens is 2. The molecule has 0 radical (unpaired) electrons. The van der Waals surface area contributed by atoms with Crippen LogP contribution in [-0.4, -0.2) is 34.4 Å². The standard InChI is InChI=1S/C21H23F2N3O4/c1-11(18(28)26-21(2,3)4)24-20(30)16-6-5-15(10-17(16)27)25-19(29)12-7-13(22)9-14(23)8-12/h5-11,27H,1-4H3,(H,24,30)(H,25,29)(H,26,28). The minimum absolute atomic E-state index is 0.109. The number of phenols is 1. The van der Waals surface area contributed by atoms with E-state index in [1.807, 2.05) is 0 Å². The number of nitrogens with one attached hydrogen (secondary N) is 3. The predicted molar refractivity (Wildman–Crippen MR) is 107 cm³/mol. The van der Waals surface area contributed by atoms with Crippen molar-refractivity contribution in [1.82, 2.24) is 10.6 Å². The van der Waals surface area contributed by atoms with E-state index in [0.717, 1.165) is 18.2 Å². The van der Waals surface area contributed by atoms with E-state index in [2.05, 4.69) is 16.0 Å². The molecule has 0 saturated carbocycles. The fourth-order valence-corrected chi connectivity index (χ4v) is 2.51. The lowest BCUT2D eigenvalue weighted by molar-refractivity contribution is -0.124. The van der Waals surface area contributed by atoms with Crippen LogP contribution in [0.1, 0.15) is 48.4 Å². The summed E-state index contributed by atoms with van der Waals surface area (Å²) in [7, 11) is 0. The molecule has 9 heteroatoms. The number of rotatable bonds is 5. The Balaban J connectivity index is 2.08. The Labute approximate surface area is 172 Å². The number of phenolic OH excluding ortho intramolecular Hbond substituents is 1. The summed E-state index contributed by atoms with van der Waals surface area (Å²) in [6, 6.07) is 5.22. The summed E-state index contributed by atoms with van der Waals surface area (Å²) >= 11 is 0. The molecule has 0 heterocycles. The molecule has 0 saturated heterocycles. The van der Waals surface area contributed by atoms with Crippen molar-refractivity contribution < 1.29 is 28.3 Å². The Kier molecular flexibility index (Phi) is 6.76. The van der Waals surface area contributed by atoms with Crippen LogP contribution < -0.4 is 16.0 Å². The Hall–Kier alpha value is -3.49. The van der Waals surface area contributed by atoms with E-state index in [4.69, 9.17) is 0 Å². The molecule has 7 nitrogen and oxygen atoms in total. The Bertz CT molecular complexity index is 966. The Morgan fingerprint density at radius 1 is 0.967 bits per heavy atom. The molecule has 160 valence electrons. The molecule has 2 aromatic carbocycles. The van der Waals surface area contributed by atoms with Gasteiger partial charge < -0.3 is 21.1 Å². The van der Waals surface area contributed by atoms with Crippen molar-refractivity contribution in [1.29, 1.82) is 0 Å². The van der Waals surface area contributed by atoms with Gasteiger partial charge in [0, 0.05) is 28.9 Å². The van der Waals surface area contributed by atoms with Gasteiger partial charge in [-0.1, -0.05) is 0 Å². The molecule has 30 heavy (non-hydrogen) atoms. The van der Waals surface area contributed by atoms with Crippen molar-refractivity contribution in [3.63, 3.8) is 0 Å². The van der Waals surface area contributed by atoms with Gasteiger partial charge in [-0.25, -0.2) is 8.78 Å². The number of aromatic hydroxyl groups is 1. The molecular formula is C21H23F2N3O4. The lowest BCUT2D eigenvalue weighted by Gasteiger charge is -2.23. The predicted octanol–water partition coefficient (Wildman–Crippen LogP) is 2.96. The van der Waals surface area contributed by atoms with Gasteiger partial charge in [0.15, 0.2) is 0 Å². The molecule has 0 bridgehead atoms. The highest BCUT2D eigenvalue weighted by molar-refractivity contribution is 6.05. The maximum absolute atomic E-state index is 13.3. The topological polar surface area (TPSA) is 108 Å². The van der Waals surface area contributed by atoms with Crippen molar-refractivity contribution in [2.24, 2.45) is 0 Å². The molecule has 0 aliphatic rings. The third-order valence-electron chi connectivity index (χ3n) is 3.86. The molecule has 1 unspecified atom stereocenters. The smallest absolute Gasteiger partial charge is 0.255 e. The summed E-state index contributed by atoms with van der Waals surface area (Å²) in [4.78, 5) is 36.6. The van der Waals surface area contributed by atoms with E-state index in [1.165, 1.54) is 19.1 Å². The van der Waals surface area contributed by atoms with Gasteiger partial charge >= 0.3 is 0 Å². The largest absolute Gasteiger partial charge is 0.507 e.